The molecule has 0 spiro atoms. The van der Waals surface area contributed by atoms with Crippen LogP contribution in [0.5, 0.6) is 0 Å². The number of sulfonamides is 1. The lowest BCUT2D eigenvalue weighted by molar-refractivity contribution is 0.453. The molecule has 8 heteroatoms. The van der Waals surface area contributed by atoms with Gasteiger partial charge in [0.15, 0.2) is 0 Å². The Bertz CT molecular complexity index is 546. The van der Waals surface area contributed by atoms with Crippen LogP contribution < -0.4 is 10.5 Å². The Kier molecular flexibility index (Phi) is 6.57. The Hall–Kier alpha value is -0.0400. The standard InChI is InChI=1S/C12H16Cl2N2O2S.ClH/c13-9-4-10(14)6-11(5-9)19(17,18)16-12-3-1-2-8(12)7-15;/h4-6,8,12,16H,1-3,7,15H2;1H. The molecule has 2 atom stereocenters. The molecule has 1 aliphatic rings. The van der Waals surface area contributed by atoms with Crippen LogP contribution in [-0.4, -0.2) is 21.0 Å². The molecule has 1 aliphatic carbocycles. The third-order valence-electron chi connectivity index (χ3n) is 3.41. The van der Waals surface area contributed by atoms with E-state index in [2.05, 4.69) is 4.72 Å². The van der Waals surface area contributed by atoms with E-state index in [9.17, 15) is 8.42 Å². The normalized spacial score (nSPS) is 22.6. The maximum Gasteiger partial charge on any atom is 0.240 e. The highest BCUT2D eigenvalue weighted by atomic mass is 35.5. The van der Waals surface area contributed by atoms with Crippen LogP contribution in [0.25, 0.3) is 0 Å². The van der Waals surface area contributed by atoms with Crippen molar-refractivity contribution in [3.05, 3.63) is 28.2 Å². The SMILES string of the molecule is Cl.NCC1CCCC1NS(=O)(=O)c1cc(Cl)cc(Cl)c1. The molecule has 1 fully saturated rings. The van der Waals surface area contributed by atoms with Crippen LogP contribution in [0.1, 0.15) is 19.3 Å². The van der Waals surface area contributed by atoms with Gasteiger partial charge in [0.05, 0.1) is 4.90 Å². The topological polar surface area (TPSA) is 72.2 Å². The van der Waals surface area contributed by atoms with E-state index in [0.29, 0.717) is 16.6 Å². The Balaban J connectivity index is 0.00000200. The zero-order valence-corrected chi connectivity index (χ0v) is 13.8. The summed E-state index contributed by atoms with van der Waals surface area (Å²) in [5, 5.41) is 0.601. The summed E-state index contributed by atoms with van der Waals surface area (Å²) in [4.78, 5) is 0.0904. The van der Waals surface area contributed by atoms with Crippen molar-refractivity contribution in [1.29, 1.82) is 0 Å². The molecular formula is C12H17Cl3N2O2S. The Morgan fingerprint density at radius 3 is 2.35 bits per heavy atom. The molecule has 1 aromatic rings. The average molecular weight is 360 g/mol. The van der Waals surface area contributed by atoms with Gasteiger partial charge in [-0.25, -0.2) is 13.1 Å². The van der Waals surface area contributed by atoms with Crippen molar-refractivity contribution in [2.24, 2.45) is 11.7 Å². The van der Waals surface area contributed by atoms with Crippen LogP contribution in [0.15, 0.2) is 23.1 Å². The second kappa shape index (κ2) is 7.29. The minimum absolute atomic E-state index is 0. The molecule has 3 N–H and O–H groups in total. The van der Waals surface area contributed by atoms with Gasteiger partial charge in [0, 0.05) is 16.1 Å². The maximum atomic E-state index is 12.3. The van der Waals surface area contributed by atoms with Gasteiger partial charge < -0.3 is 5.73 Å². The number of nitrogens with two attached hydrogens (primary N) is 1. The van der Waals surface area contributed by atoms with Crippen molar-refractivity contribution in [3.63, 3.8) is 0 Å². The quantitative estimate of drug-likeness (QED) is 0.868. The highest BCUT2D eigenvalue weighted by molar-refractivity contribution is 7.89. The first-order valence-electron chi connectivity index (χ1n) is 6.11. The summed E-state index contributed by atoms with van der Waals surface area (Å²) in [6.07, 6.45) is 2.76. The molecule has 2 rings (SSSR count). The number of benzene rings is 1. The third-order valence-corrected chi connectivity index (χ3v) is 5.32. The summed E-state index contributed by atoms with van der Waals surface area (Å²) >= 11 is 11.7. The minimum atomic E-state index is -3.61. The molecule has 0 aromatic heterocycles. The first-order valence-corrected chi connectivity index (χ1v) is 8.35. The summed E-state index contributed by atoms with van der Waals surface area (Å²) in [5.74, 6) is 0.199. The number of hydrogen-bond donors (Lipinski definition) is 2. The Morgan fingerprint density at radius 1 is 1.20 bits per heavy atom. The molecule has 0 radical (unpaired) electrons. The summed E-state index contributed by atoms with van der Waals surface area (Å²) in [6.45, 7) is 0.490. The van der Waals surface area contributed by atoms with Gasteiger partial charge in [-0.2, -0.15) is 0 Å². The van der Waals surface area contributed by atoms with E-state index < -0.39 is 10.0 Å². The van der Waals surface area contributed by atoms with E-state index in [1.807, 2.05) is 0 Å². The molecular weight excluding hydrogens is 343 g/mol. The fourth-order valence-electron chi connectivity index (χ4n) is 2.43. The van der Waals surface area contributed by atoms with Gasteiger partial charge in [-0.1, -0.05) is 29.6 Å². The van der Waals surface area contributed by atoms with Crippen LogP contribution in [0, 0.1) is 5.92 Å². The Morgan fingerprint density at radius 2 is 1.80 bits per heavy atom. The summed E-state index contributed by atoms with van der Waals surface area (Å²) in [5.41, 5.74) is 5.65. The van der Waals surface area contributed by atoms with Gasteiger partial charge in [0.25, 0.3) is 0 Å². The van der Waals surface area contributed by atoms with Gasteiger partial charge in [-0.15, -0.1) is 12.4 Å². The minimum Gasteiger partial charge on any atom is -0.330 e. The van der Waals surface area contributed by atoms with Gasteiger partial charge in [0.2, 0.25) is 10.0 Å². The predicted octanol–water partition coefficient (Wildman–Crippen LogP) is 2.82. The number of hydrogen-bond acceptors (Lipinski definition) is 3. The molecule has 1 saturated carbocycles. The van der Waals surface area contributed by atoms with Gasteiger partial charge in [0.1, 0.15) is 0 Å². The number of nitrogens with one attached hydrogen (secondary N) is 1. The van der Waals surface area contributed by atoms with Gasteiger partial charge in [-0.3, -0.25) is 0 Å². The molecule has 20 heavy (non-hydrogen) atoms. The fourth-order valence-corrected chi connectivity index (χ4v) is 4.49. The van der Waals surface area contributed by atoms with E-state index in [4.69, 9.17) is 28.9 Å². The fraction of sp³-hybridized carbons (Fsp3) is 0.500. The highest BCUT2D eigenvalue weighted by Gasteiger charge is 2.30. The molecule has 0 saturated heterocycles. The first-order chi connectivity index (χ1) is 8.92. The highest BCUT2D eigenvalue weighted by Crippen LogP contribution is 2.27. The lowest BCUT2D eigenvalue weighted by Crippen LogP contribution is -2.39. The van der Waals surface area contributed by atoms with Crippen molar-refractivity contribution in [2.45, 2.75) is 30.2 Å². The lowest BCUT2D eigenvalue weighted by atomic mass is 10.1. The van der Waals surface area contributed by atoms with Crippen molar-refractivity contribution >= 4 is 45.6 Å². The van der Waals surface area contributed by atoms with E-state index >= 15 is 0 Å². The zero-order chi connectivity index (χ0) is 14.0. The smallest absolute Gasteiger partial charge is 0.240 e. The Labute approximate surface area is 135 Å². The molecule has 0 amide bonds. The molecule has 0 aliphatic heterocycles. The molecule has 1 aromatic carbocycles. The zero-order valence-electron chi connectivity index (χ0n) is 10.7. The van der Waals surface area contributed by atoms with Crippen LogP contribution in [0.3, 0.4) is 0 Å². The van der Waals surface area contributed by atoms with Crippen molar-refractivity contribution in [1.82, 2.24) is 4.72 Å². The van der Waals surface area contributed by atoms with Crippen LogP contribution in [0.2, 0.25) is 10.0 Å². The third kappa shape index (κ3) is 4.23. The monoisotopic (exact) mass is 358 g/mol. The molecule has 2 unspecified atom stereocenters. The van der Waals surface area contributed by atoms with Crippen molar-refractivity contribution < 1.29 is 8.42 Å². The second-order valence-electron chi connectivity index (χ2n) is 4.76. The lowest BCUT2D eigenvalue weighted by Gasteiger charge is -2.19. The van der Waals surface area contributed by atoms with Gasteiger partial charge in [-0.05, 0) is 43.5 Å². The van der Waals surface area contributed by atoms with E-state index in [1.165, 1.54) is 18.2 Å². The van der Waals surface area contributed by atoms with Crippen molar-refractivity contribution in [3.8, 4) is 0 Å². The van der Waals surface area contributed by atoms with Crippen LogP contribution in [0.4, 0.5) is 0 Å². The van der Waals surface area contributed by atoms with E-state index in [1.54, 1.807) is 0 Å². The molecule has 4 nitrogen and oxygen atoms in total. The van der Waals surface area contributed by atoms with E-state index in [0.717, 1.165) is 19.3 Å². The van der Waals surface area contributed by atoms with Crippen molar-refractivity contribution in [2.75, 3.05) is 6.54 Å². The second-order valence-corrected chi connectivity index (χ2v) is 7.35. The predicted molar refractivity (Wildman–Crippen MR) is 84.2 cm³/mol. The summed E-state index contributed by atoms with van der Waals surface area (Å²) in [6, 6.07) is 4.18. The molecule has 0 heterocycles. The summed E-state index contributed by atoms with van der Waals surface area (Å²) < 4.78 is 27.3. The number of rotatable bonds is 4. The summed E-state index contributed by atoms with van der Waals surface area (Å²) in [7, 11) is -3.61. The van der Waals surface area contributed by atoms with Crippen LogP contribution >= 0.6 is 35.6 Å². The largest absolute Gasteiger partial charge is 0.330 e. The average Bonchev–Trinajstić information content (AvgIpc) is 2.74. The number of halogens is 3. The maximum absolute atomic E-state index is 12.3. The van der Waals surface area contributed by atoms with E-state index in [-0.39, 0.29) is 29.3 Å². The van der Waals surface area contributed by atoms with Crippen LogP contribution in [-0.2, 0) is 10.0 Å². The van der Waals surface area contributed by atoms with Gasteiger partial charge >= 0.3 is 0 Å². The first kappa shape index (κ1) is 18.0. The molecule has 114 valence electrons. The molecule has 0 bridgehead atoms.